The molecule has 1 unspecified atom stereocenters. The number of halogens is 2. The van der Waals surface area contributed by atoms with Crippen LogP contribution in [0.4, 0.5) is 0 Å². The van der Waals surface area contributed by atoms with Crippen LogP contribution in [-0.4, -0.2) is 4.98 Å². The Hall–Kier alpha value is -0.0800. The Balaban J connectivity index is 3.03. The first kappa shape index (κ1) is 8.02. The number of pyridine rings is 1. The number of alkyl halides is 1. The maximum absolute atomic E-state index is 5.83. The Morgan fingerprint density at radius 2 is 2.40 bits per heavy atom. The summed E-state index contributed by atoms with van der Waals surface area (Å²) in [7, 11) is 0. The summed E-state index contributed by atoms with van der Waals surface area (Å²) in [5.74, 6) is 0. The molecular weight excluding hydrogens is 213 g/mol. The number of nitrogens with zero attached hydrogens (tertiary/aromatic N) is 1. The third kappa shape index (κ3) is 1.70. The van der Waals surface area contributed by atoms with Gasteiger partial charge in [-0.1, -0.05) is 27.5 Å². The van der Waals surface area contributed by atoms with Gasteiger partial charge in [-0.2, -0.15) is 0 Å². The van der Waals surface area contributed by atoms with Crippen LogP contribution in [0.25, 0.3) is 0 Å². The van der Waals surface area contributed by atoms with Crippen molar-refractivity contribution in [1.29, 1.82) is 0 Å². The molecule has 0 saturated carbocycles. The van der Waals surface area contributed by atoms with Crippen molar-refractivity contribution in [3.05, 3.63) is 29.0 Å². The van der Waals surface area contributed by atoms with E-state index in [1.165, 1.54) is 0 Å². The lowest BCUT2D eigenvalue weighted by molar-refractivity contribution is 1.10. The fraction of sp³-hybridized carbons (Fsp3) is 0.286. The lowest BCUT2D eigenvalue weighted by atomic mass is 10.2. The van der Waals surface area contributed by atoms with Crippen LogP contribution in [0.1, 0.15) is 17.3 Å². The van der Waals surface area contributed by atoms with Crippen molar-refractivity contribution in [1.82, 2.24) is 4.98 Å². The predicted octanol–water partition coefficient (Wildman–Crippen LogP) is 3.19. The molecule has 0 fully saturated rings. The van der Waals surface area contributed by atoms with Crippen LogP contribution < -0.4 is 0 Å². The van der Waals surface area contributed by atoms with Gasteiger partial charge in [0, 0.05) is 17.2 Å². The topological polar surface area (TPSA) is 12.9 Å². The van der Waals surface area contributed by atoms with Crippen molar-refractivity contribution in [2.45, 2.75) is 11.8 Å². The van der Waals surface area contributed by atoms with E-state index in [1.54, 1.807) is 12.4 Å². The van der Waals surface area contributed by atoms with Gasteiger partial charge in [0.15, 0.2) is 0 Å². The Kier molecular flexibility index (Phi) is 2.69. The second-order valence-corrected chi connectivity index (χ2v) is 3.79. The van der Waals surface area contributed by atoms with Gasteiger partial charge in [0.05, 0.1) is 5.02 Å². The maximum Gasteiger partial charge on any atom is 0.0632 e. The monoisotopic (exact) mass is 219 g/mol. The minimum absolute atomic E-state index is 0.294. The van der Waals surface area contributed by atoms with Crippen molar-refractivity contribution in [3.8, 4) is 0 Å². The van der Waals surface area contributed by atoms with Crippen LogP contribution >= 0.6 is 27.5 Å². The van der Waals surface area contributed by atoms with E-state index in [4.69, 9.17) is 11.6 Å². The summed E-state index contributed by atoms with van der Waals surface area (Å²) in [6, 6.07) is 1.90. The SMILES string of the molecule is CC(Br)c1ccncc1Cl. The highest BCUT2D eigenvalue weighted by molar-refractivity contribution is 9.09. The second-order valence-electron chi connectivity index (χ2n) is 2.01. The Morgan fingerprint density at radius 1 is 1.70 bits per heavy atom. The summed E-state index contributed by atoms with van der Waals surface area (Å²) >= 11 is 9.25. The summed E-state index contributed by atoms with van der Waals surface area (Å²) in [5.41, 5.74) is 1.08. The molecule has 1 aromatic heterocycles. The summed E-state index contributed by atoms with van der Waals surface area (Å²) in [6.45, 7) is 2.03. The summed E-state index contributed by atoms with van der Waals surface area (Å²) in [6.07, 6.45) is 3.38. The van der Waals surface area contributed by atoms with Gasteiger partial charge in [-0.25, -0.2) is 0 Å². The number of hydrogen-bond donors (Lipinski definition) is 0. The number of aromatic nitrogens is 1. The van der Waals surface area contributed by atoms with E-state index >= 15 is 0 Å². The van der Waals surface area contributed by atoms with Gasteiger partial charge in [-0.3, -0.25) is 4.98 Å². The summed E-state index contributed by atoms with van der Waals surface area (Å²) in [4.78, 5) is 4.17. The minimum atomic E-state index is 0.294. The van der Waals surface area contributed by atoms with Crippen LogP contribution in [0, 0.1) is 0 Å². The molecule has 0 saturated heterocycles. The molecule has 0 aliphatic rings. The van der Waals surface area contributed by atoms with E-state index in [0.29, 0.717) is 9.85 Å². The van der Waals surface area contributed by atoms with Crippen molar-refractivity contribution in [3.63, 3.8) is 0 Å². The van der Waals surface area contributed by atoms with Crippen LogP contribution in [0.3, 0.4) is 0 Å². The van der Waals surface area contributed by atoms with E-state index in [1.807, 2.05) is 13.0 Å². The van der Waals surface area contributed by atoms with Gasteiger partial charge in [0.1, 0.15) is 0 Å². The fourth-order valence-electron chi connectivity index (χ4n) is 0.709. The van der Waals surface area contributed by atoms with E-state index in [0.717, 1.165) is 5.56 Å². The van der Waals surface area contributed by atoms with E-state index in [2.05, 4.69) is 20.9 Å². The average molecular weight is 220 g/mol. The maximum atomic E-state index is 5.83. The van der Waals surface area contributed by atoms with Crippen LogP contribution in [0.5, 0.6) is 0 Å². The van der Waals surface area contributed by atoms with Crippen molar-refractivity contribution < 1.29 is 0 Å². The minimum Gasteiger partial charge on any atom is -0.263 e. The van der Waals surface area contributed by atoms with Crippen LogP contribution in [-0.2, 0) is 0 Å². The van der Waals surface area contributed by atoms with Gasteiger partial charge in [0.25, 0.3) is 0 Å². The average Bonchev–Trinajstić information content (AvgIpc) is 1.88. The molecule has 1 nitrogen and oxygen atoms in total. The second kappa shape index (κ2) is 3.35. The summed E-state index contributed by atoms with van der Waals surface area (Å²) in [5, 5.41) is 0.715. The van der Waals surface area contributed by atoms with Crippen LogP contribution in [0.15, 0.2) is 18.5 Å². The lowest BCUT2D eigenvalue weighted by Crippen LogP contribution is -1.85. The van der Waals surface area contributed by atoms with Crippen molar-refractivity contribution in [2.75, 3.05) is 0 Å². The highest BCUT2D eigenvalue weighted by Crippen LogP contribution is 2.27. The van der Waals surface area contributed by atoms with Gasteiger partial charge in [0.2, 0.25) is 0 Å². The smallest absolute Gasteiger partial charge is 0.0632 e. The molecule has 10 heavy (non-hydrogen) atoms. The Bertz CT molecular complexity index is 225. The lowest BCUT2D eigenvalue weighted by Gasteiger charge is -2.03. The molecule has 1 heterocycles. The largest absolute Gasteiger partial charge is 0.263 e. The highest BCUT2D eigenvalue weighted by atomic mass is 79.9. The number of rotatable bonds is 1. The Morgan fingerprint density at radius 3 is 2.80 bits per heavy atom. The van der Waals surface area contributed by atoms with Crippen molar-refractivity contribution >= 4 is 27.5 Å². The molecular formula is C7H7BrClN. The van der Waals surface area contributed by atoms with Gasteiger partial charge in [-0.05, 0) is 18.6 Å². The molecule has 0 amide bonds. The molecule has 0 aromatic carbocycles. The standard InChI is InChI=1S/C7H7BrClN/c1-5(8)6-2-3-10-4-7(6)9/h2-5H,1H3. The first-order valence-corrected chi connectivity index (χ1v) is 4.24. The molecule has 0 spiro atoms. The molecule has 0 radical (unpaired) electrons. The normalized spacial score (nSPS) is 13.1. The molecule has 1 atom stereocenters. The first-order valence-electron chi connectivity index (χ1n) is 2.95. The van der Waals surface area contributed by atoms with Gasteiger partial charge in [-0.15, -0.1) is 0 Å². The van der Waals surface area contributed by atoms with E-state index < -0.39 is 0 Å². The molecule has 0 bridgehead atoms. The molecule has 1 rings (SSSR count). The zero-order valence-electron chi connectivity index (χ0n) is 5.51. The van der Waals surface area contributed by atoms with Crippen LogP contribution in [0.2, 0.25) is 5.02 Å². The molecule has 54 valence electrons. The van der Waals surface area contributed by atoms with E-state index in [-0.39, 0.29) is 0 Å². The van der Waals surface area contributed by atoms with Gasteiger partial charge < -0.3 is 0 Å². The van der Waals surface area contributed by atoms with Crippen molar-refractivity contribution in [2.24, 2.45) is 0 Å². The summed E-state index contributed by atoms with van der Waals surface area (Å²) < 4.78 is 0. The quantitative estimate of drug-likeness (QED) is 0.663. The Labute approximate surface area is 73.6 Å². The fourth-order valence-corrected chi connectivity index (χ4v) is 1.52. The molecule has 0 aliphatic heterocycles. The zero-order chi connectivity index (χ0) is 7.56. The predicted molar refractivity (Wildman–Crippen MR) is 46.6 cm³/mol. The third-order valence-corrected chi connectivity index (χ3v) is 2.04. The number of hydrogen-bond acceptors (Lipinski definition) is 1. The van der Waals surface area contributed by atoms with Gasteiger partial charge >= 0.3 is 0 Å². The third-order valence-electron chi connectivity index (χ3n) is 1.23. The molecule has 0 aliphatic carbocycles. The molecule has 3 heteroatoms. The molecule has 1 aromatic rings. The molecule has 0 N–H and O–H groups in total. The zero-order valence-corrected chi connectivity index (χ0v) is 7.85. The highest BCUT2D eigenvalue weighted by Gasteiger charge is 2.03. The first-order chi connectivity index (χ1) is 4.72. The van der Waals surface area contributed by atoms with E-state index in [9.17, 15) is 0 Å².